The zero-order valence-electron chi connectivity index (χ0n) is 8.92. The third-order valence-corrected chi connectivity index (χ3v) is 3.39. The first-order valence-electron chi connectivity index (χ1n) is 5.64. The second kappa shape index (κ2) is 4.14. The summed E-state index contributed by atoms with van der Waals surface area (Å²) in [6.07, 6.45) is 5.09. The summed E-state index contributed by atoms with van der Waals surface area (Å²) >= 11 is 0. The van der Waals surface area contributed by atoms with Crippen molar-refractivity contribution in [1.29, 1.82) is 0 Å². The van der Waals surface area contributed by atoms with Crippen LogP contribution < -0.4 is 5.32 Å². The number of hydrogen-bond acceptors (Lipinski definition) is 1. The smallest absolute Gasteiger partial charge is 0.0219 e. The lowest BCUT2D eigenvalue weighted by atomic mass is 9.87. The maximum absolute atomic E-state index is 3.67. The molecule has 0 spiro atoms. The molecule has 0 amide bonds. The molecule has 0 aromatic heterocycles. The fraction of sp³-hybridized carbons (Fsp3) is 0.538. The molecule has 76 valence electrons. The molecule has 0 bridgehead atoms. The zero-order chi connectivity index (χ0) is 9.86. The fourth-order valence-corrected chi connectivity index (χ4v) is 2.43. The van der Waals surface area contributed by atoms with Gasteiger partial charge < -0.3 is 5.32 Å². The molecule has 1 fully saturated rings. The topological polar surface area (TPSA) is 12.0 Å². The van der Waals surface area contributed by atoms with Gasteiger partial charge in [-0.1, -0.05) is 37.3 Å². The molecule has 1 saturated heterocycles. The zero-order valence-corrected chi connectivity index (χ0v) is 8.92. The summed E-state index contributed by atoms with van der Waals surface area (Å²) in [5.41, 5.74) is 1.85. The predicted molar refractivity (Wildman–Crippen MR) is 60.4 cm³/mol. The van der Waals surface area contributed by atoms with E-state index in [4.69, 9.17) is 0 Å². The van der Waals surface area contributed by atoms with Crippen LogP contribution in [0.25, 0.3) is 0 Å². The molecule has 1 nitrogen and oxygen atoms in total. The molecule has 14 heavy (non-hydrogen) atoms. The minimum atomic E-state index is 0.390. The van der Waals surface area contributed by atoms with Crippen LogP contribution in [0.15, 0.2) is 30.3 Å². The SMILES string of the molecule is CC[C@@]1(Cc2ccccc2)CCCN1. The molecule has 0 unspecified atom stereocenters. The first-order valence-corrected chi connectivity index (χ1v) is 5.64. The Morgan fingerprint density at radius 1 is 1.29 bits per heavy atom. The van der Waals surface area contributed by atoms with Gasteiger partial charge in [-0.3, -0.25) is 0 Å². The van der Waals surface area contributed by atoms with E-state index in [-0.39, 0.29) is 0 Å². The maximum Gasteiger partial charge on any atom is 0.0219 e. The molecule has 1 aromatic rings. The molecule has 1 heteroatoms. The fourth-order valence-electron chi connectivity index (χ4n) is 2.43. The lowest BCUT2D eigenvalue weighted by Gasteiger charge is -2.28. The van der Waals surface area contributed by atoms with E-state index in [9.17, 15) is 0 Å². The van der Waals surface area contributed by atoms with E-state index >= 15 is 0 Å². The summed E-state index contributed by atoms with van der Waals surface area (Å²) in [5.74, 6) is 0. The van der Waals surface area contributed by atoms with Crippen molar-refractivity contribution >= 4 is 0 Å². The highest BCUT2D eigenvalue weighted by Gasteiger charge is 2.31. The van der Waals surface area contributed by atoms with Gasteiger partial charge in [0.15, 0.2) is 0 Å². The second-order valence-corrected chi connectivity index (χ2v) is 4.33. The Morgan fingerprint density at radius 3 is 2.64 bits per heavy atom. The molecular formula is C13H19N. The van der Waals surface area contributed by atoms with Gasteiger partial charge in [-0.15, -0.1) is 0 Å². The van der Waals surface area contributed by atoms with Gasteiger partial charge in [0.2, 0.25) is 0 Å². The molecule has 1 aliphatic heterocycles. The number of benzene rings is 1. The Labute approximate surface area is 86.5 Å². The van der Waals surface area contributed by atoms with Gasteiger partial charge in [-0.25, -0.2) is 0 Å². The van der Waals surface area contributed by atoms with Gasteiger partial charge in [-0.2, -0.15) is 0 Å². The van der Waals surface area contributed by atoms with E-state index in [2.05, 4.69) is 42.6 Å². The van der Waals surface area contributed by atoms with E-state index in [1.54, 1.807) is 0 Å². The minimum Gasteiger partial charge on any atom is -0.311 e. The van der Waals surface area contributed by atoms with Crippen molar-refractivity contribution in [3.63, 3.8) is 0 Å². The van der Waals surface area contributed by atoms with E-state index in [0.29, 0.717) is 5.54 Å². The summed E-state index contributed by atoms with van der Waals surface area (Å²) in [6.45, 7) is 3.49. The summed E-state index contributed by atoms with van der Waals surface area (Å²) < 4.78 is 0. The molecule has 0 radical (unpaired) electrons. The third-order valence-electron chi connectivity index (χ3n) is 3.39. The number of rotatable bonds is 3. The monoisotopic (exact) mass is 189 g/mol. The molecule has 1 heterocycles. The molecule has 1 N–H and O–H groups in total. The molecule has 1 aliphatic rings. The Morgan fingerprint density at radius 2 is 2.07 bits per heavy atom. The van der Waals surface area contributed by atoms with Crippen LogP contribution in [-0.4, -0.2) is 12.1 Å². The number of nitrogens with one attached hydrogen (secondary N) is 1. The van der Waals surface area contributed by atoms with Crippen LogP contribution in [0.1, 0.15) is 31.7 Å². The Balaban J connectivity index is 2.08. The summed E-state index contributed by atoms with van der Waals surface area (Å²) in [7, 11) is 0. The van der Waals surface area contributed by atoms with Gasteiger partial charge in [0.05, 0.1) is 0 Å². The Kier molecular flexibility index (Phi) is 2.87. The van der Waals surface area contributed by atoms with E-state index in [1.807, 2.05) is 0 Å². The van der Waals surface area contributed by atoms with Crippen molar-refractivity contribution in [3.05, 3.63) is 35.9 Å². The normalized spacial score (nSPS) is 26.6. The minimum absolute atomic E-state index is 0.390. The molecule has 2 rings (SSSR count). The van der Waals surface area contributed by atoms with Crippen molar-refractivity contribution in [2.75, 3.05) is 6.54 Å². The summed E-state index contributed by atoms with van der Waals surface area (Å²) in [6, 6.07) is 10.8. The highest BCUT2D eigenvalue weighted by atomic mass is 15.0. The highest BCUT2D eigenvalue weighted by Crippen LogP contribution is 2.26. The Bertz CT molecular complexity index is 273. The van der Waals surface area contributed by atoms with Gasteiger partial charge in [0, 0.05) is 5.54 Å². The average molecular weight is 189 g/mol. The van der Waals surface area contributed by atoms with Crippen LogP contribution in [0.5, 0.6) is 0 Å². The van der Waals surface area contributed by atoms with Crippen molar-refractivity contribution in [2.24, 2.45) is 0 Å². The number of hydrogen-bond donors (Lipinski definition) is 1. The van der Waals surface area contributed by atoms with Crippen LogP contribution in [0.3, 0.4) is 0 Å². The van der Waals surface area contributed by atoms with Crippen LogP contribution in [0, 0.1) is 0 Å². The van der Waals surface area contributed by atoms with E-state index < -0.39 is 0 Å². The van der Waals surface area contributed by atoms with Crippen molar-refractivity contribution in [2.45, 2.75) is 38.1 Å². The van der Waals surface area contributed by atoms with Gasteiger partial charge in [-0.05, 0) is 37.8 Å². The van der Waals surface area contributed by atoms with E-state index in [1.165, 1.54) is 37.8 Å². The lowest BCUT2D eigenvalue weighted by Crippen LogP contribution is -2.41. The second-order valence-electron chi connectivity index (χ2n) is 4.33. The molecule has 0 aliphatic carbocycles. The largest absolute Gasteiger partial charge is 0.311 e. The van der Waals surface area contributed by atoms with Gasteiger partial charge in [0.1, 0.15) is 0 Å². The van der Waals surface area contributed by atoms with Crippen LogP contribution in [0.4, 0.5) is 0 Å². The highest BCUT2D eigenvalue weighted by molar-refractivity contribution is 5.18. The lowest BCUT2D eigenvalue weighted by molar-refractivity contribution is 0.360. The third kappa shape index (κ3) is 1.98. The predicted octanol–water partition coefficient (Wildman–Crippen LogP) is 2.76. The van der Waals surface area contributed by atoms with Gasteiger partial charge >= 0.3 is 0 Å². The summed E-state index contributed by atoms with van der Waals surface area (Å²) in [4.78, 5) is 0. The maximum atomic E-state index is 3.67. The quantitative estimate of drug-likeness (QED) is 0.771. The molecule has 0 saturated carbocycles. The van der Waals surface area contributed by atoms with Crippen LogP contribution in [0.2, 0.25) is 0 Å². The molecule has 1 aromatic carbocycles. The van der Waals surface area contributed by atoms with Crippen molar-refractivity contribution in [1.82, 2.24) is 5.32 Å². The average Bonchev–Trinajstić information content (AvgIpc) is 2.69. The first-order chi connectivity index (χ1) is 6.85. The standard InChI is InChI=1S/C13H19N/c1-2-13(9-6-10-14-13)11-12-7-4-3-5-8-12/h3-5,7-8,14H,2,6,9-11H2,1H3/t13-/m0/s1. The summed E-state index contributed by atoms with van der Waals surface area (Å²) in [5, 5.41) is 3.67. The van der Waals surface area contributed by atoms with Crippen molar-refractivity contribution < 1.29 is 0 Å². The molecular weight excluding hydrogens is 170 g/mol. The van der Waals surface area contributed by atoms with Crippen LogP contribution >= 0.6 is 0 Å². The van der Waals surface area contributed by atoms with Crippen LogP contribution in [-0.2, 0) is 6.42 Å². The Hall–Kier alpha value is -0.820. The molecule has 1 atom stereocenters. The van der Waals surface area contributed by atoms with Gasteiger partial charge in [0.25, 0.3) is 0 Å². The van der Waals surface area contributed by atoms with Crippen molar-refractivity contribution in [3.8, 4) is 0 Å². The first kappa shape index (κ1) is 9.72. The van der Waals surface area contributed by atoms with E-state index in [0.717, 1.165) is 0 Å².